The molecule has 6 rings (SSSR count). The Kier molecular flexibility index (Phi) is 18.1. The molecule has 6 aromatic carbocycles. The fraction of sp³-hybridized carbons (Fsp3) is 0.302. The largest absolute Gasteiger partial charge is 0.494 e. The second-order valence-corrected chi connectivity index (χ2v) is 17.3. The average Bonchev–Trinajstić information content (AvgIpc) is 3.27. The summed E-state index contributed by atoms with van der Waals surface area (Å²) in [5.74, 6) is 0.933. The van der Waals surface area contributed by atoms with Gasteiger partial charge in [0.2, 0.25) is 0 Å². The van der Waals surface area contributed by atoms with E-state index < -0.39 is 5.97 Å². The summed E-state index contributed by atoms with van der Waals surface area (Å²) in [7, 11) is 0. The maximum Gasteiger partial charge on any atom is 0.343 e. The van der Waals surface area contributed by atoms with E-state index in [-0.39, 0.29) is 0 Å². The van der Waals surface area contributed by atoms with Gasteiger partial charge in [-0.2, -0.15) is 0 Å². The molecule has 5 nitrogen and oxygen atoms in total. The first-order chi connectivity index (χ1) is 29.4. The van der Waals surface area contributed by atoms with Crippen LogP contribution < -0.4 is 9.47 Å². The highest BCUT2D eigenvalue weighted by Gasteiger charge is 2.16. The Hall–Kier alpha value is -4.03. The molecule has 0 heterocycles. The van der Waals surface area contributed by atoms with Crippen LogP contribution in [0.15, 0.2) is 122 Å². The zero-order valence-electron chi connectivity index (χ0n) is 35.0. The lowest BCUT2D eigenvalue weighted by Gasteiger charge is -2.16. The van der Waals surface area contributed by atoms with Gasteiger partial charge in [0.1, 0.15) is 11.5 Å². The van der Waals surface area contributed by atoms with Crippen molar-refractivity contribution in [2.75, 3.05) is 33.0 Å². The topological polar surface area (TPSA) is 54.0 Å². The van der Waals surface area contributed by atoms with Crippen molar-refractivity contribution in [3.63, 3.8) is 0 Å². The van der Waals surface area contributed by atoms with Gasteiger partial charge in [-0.15, -0.1) is 0 Å². The highest BCUT2D eigenvalue weighted by atomic mass is 127. The van der Waals surface area contributed by atoms with Gasteiger partial charge in [-0.25, -0.2) is 4.79 Å². The van der Waals surface area contributed by atoms with E-state index in [1.54, 1.807) is 0 Å². The molecule has 7 heteroatoms. The normalized spacial score (nSPS) is 11.2. The fourth-order valence-electron chi connectivity index (χ4n) is 7.19. The third kappa shape index (κ3) is 12.8. The van der Waals surface area contributed by atoms with Gasteiger partial charge in [0.25, 0.3) is 0 Å². The van der Waals surface area contributed by atoms with E-state index in [0.717, 1.165) is 120 Å². The first-order valence-corrected chi connectivity index (χ1v) is 23.5. The number of benzene rings is 6. The molecule has 0 amide bonds. The molecule has 0 aromatic heterocycles. The van der Waals surface area contributed by atoms with Crippen molar-refractivity contribution < 1.29 is 23.7 Å². The standard InChI is InChI=1S/C53H56I2O5/c1-4-7-30-57-32-12-33-58-31-10-8-9-11-34-59-46-26-22-41-35-44(19-18-42(41)36-46)53(56)60-45-24-20-40(21-25-45)48-28-29-49(47(6-3)52(48)55)50-27-23-43(37-51(50)54)39-16-14-38(13-5-2)15-17-39/h6,14-29,35-37H,3-5,7-13,30-34H2,1-2H3. The van der Waals surface area contributed by atoms with Crippen LogP contribution in [0.2, 0.25) is 0 Å². The second-order valence-electron chi connectivity index (χ2n) is 15.1. The monoisotopic (exact) mass is 1030 g/mol. The van der Waals surface area contributed by atoms with Crippen molar-refractivity contribution in [3.05, 3.63) is 146 Å². The van der Waals surface area contributed by atoms with Crippen LogP contribution in [0, 0.1) is 7.14 Å². The van der Waals surface area contributed by atoms with E-state index >= 15 is 0 Å². The fourth-order valence-corrected chi connectivity index (χ4v) is 9.00. The van der Waals surface area contributed by atoms with Crippen LogP contribution in [0.4, 0.5) is 0 Å². The van der Waals surface area contributed by atoms with Crippen LogP contribution in [-0.4, -0.2) is 39.0 Å². The molecule has 0 atom stereocenters. The van der Waals surface area contributed by atoms with Gasteiger partial charge in [-0.05, 0) is 181 Å². The Bertz CT molecular complexity index is 2320. The number of hydrogen-bond donors (Lipinski definition) is 0. The molecular weight excluding hydrogens is 970 g/mol. The molecule has 0 saturated heterocycles. The van der Waals surface area contributed by atoms with Crippen molar-refractivity contribution in [2.24, 2.45) is 0 Å². The van der Waals surface area contributed by atoms with Crippen molar-refractivity contribution in [3.8, 4) is 44.9 Å². The van der Waals surface area contributed by atoms with Gasteiger partial charge in [0.15, 0.2) is 0 Å². The molecular formula is C53H56I2O5. The Balaban J connectivity index is 0.990. The van der Waals surface area contributed by atoms with E-state index in [9.17, 15) is 4.79 Å². The summed E-state index contributed by atoms with van der Waals surface area (Å²) in [6, 6.07) is 39.3. The Morgan fingerprint density at radius 1 is 0.567 bits per heavy atom. The molecule has 0 bridgehead atoms. The summed E-state index contributed by atoms with van der Waals surface area (Å²) < 4.78 is 25.5. The van der Waals surface area contributed by atoms with Crippen molar-refractivity contribution in [1.82, 2.24) is 0 Å². The molecule has 0 saturated carbocycles. The van der Waals surface area contributed by atoms with Crippen molar-refractivity contribution in [2.45, 2.75) is 71.6 Å². The Morgan fingerprint density at radius 3 is 1.90 bits per heavy atom. The first-order valence-electron chi connectivity index (χ1n) is 21.4. The summed E-state index contributed by atoms with van der Waals surface area (Å²) in [5.41, 5.74) is 9.87. The van der Waals surface area contributed by atoms with Gasteiger partial charge < -0.3 is 18.9 Å². The molecule has 0 radical (unpaired) electrons. The van der Waals surface area contributed by atoms with Gasteiger partial charge in [0, 0.05) is 33.6 Å². The summed E-state index contributed by atoms with van der Waals surface area (Å²) >= 11 is 4.87. The number of halogens is 2. The third-order valence-electron chi connectivity index (χ3n) is 10.6. The minimum Gasteiger partial charge on any atom is -0.494 e. The van der Waals surface area contributed by atoms with E-state index in [4.69, 9.17) is 18.9 Å². The summed E-state index contributed by atoms with van der Waals surface area (Å²) in [4.78, 5) is 13.2. The molecule has 0 aliphatic heterocycles. The van der Waals surface area contributed by atoms with E-state index in [1.807, 2.05) is 66.7 Å². The van der Waals surface area contributed by atoms with Gasteiger partial charge >= 0.3 is 5.97 Å². The minimum atomic E-state index is -0.395. The SMILES string of the molecule is C=Cc1c(-c2ccc(-c3ccc(CCC)cc3)cc2I)ccc(-c2ccc(OC(=O)c3ccc4cc(OCCCCCCOCCCOCCCC)ccc4c3)cc2)c1I. The predicted molar refractivity (Wildman–Crippen MR) is 266 cm³/mol. The number of ether oxygens (including phenoxy) is 4. The molecule has 0 unspecified atom stereocenters. The molecule has 0 spiro atoms. The zero-order valence-corrected chi connectivity index (χ0v) is 39.3. The highest BCUT2D eigenvalue weighted by Crippen LogP contribution is 2.38. The van der Waals surface area contributed by atoms with Gasteiger partial charge in [-0.3, -0.25) is 0 Å². The summed E-state index contributed by atoms with van der Waals surface area (Å²) in [6.07, 6.45) is 11.8. The molecule has 0 aliphatic carbocycles. The molecule has 0 N–H and O–H groups in total. The van der Waals surface area contributed by atoms with Crippen molar-refractivity contribution in [1.29, 1.82) is 0 Å². The maximum absolute atomic E-state index is 13.2. The average molecular weight is 1030 g/mol. The van der Waals surface area contributed by atoms with E-state index in [0.29, 0.717) is 17.9 Å². The quantitative estimate of drug-likeness (QED) is 0.0277. The van der Waals surface area contributed by atoms with Gasteiger partial charge in [0.05, 0.1) is 12.2 Å². The summed E-state index contributed by atoms with van der Waals surface area (Å²) in [5, 5.41) is 1.97. The molecule has 312 valence electrons. The van der Waals surface area contributed by atoms with E-state index in [1.165, 1.54) is 32.2 Å². The van der Waals surface area contributed by atoms with Crippen molar-refractivity contribution >= 4 is 68.0 Å². The molecule has 0 fully saturated rings. The first kappa shape index (κ1) is 45.5. The number of aryl methyl sites for hydroxylation is 1. The number of hydrogen-bond acceptors (Lipinski definition) is 5. The lowest BCUT2D eigenvalue weighted by molar-refractivity contribution is 0.0734. The minimum absolute atomic E-state index is 0.395. The lowest BCUT2D eigenvalue weighted by Crippen LogP contribution is -2.08. The number of esters is 1. The van der Waals surface area contributed by atoms with Crippen LogP contribution in [0.5, 0.6) is 11.5 Å². The van der Waals surface area contributed by atoms with Crippen LogP contribution in [-0.2, 0) is 15.9 Å². The smallest absolute Gasteiger partial charge is 0.343 e. The Morgan fingerprint density at radius 2 is 1.18 bits per heavy atom. The molecule has 0 aliphatic rings. The number of fused-ring (bicyclic) bond motifs is 1. The third-order valence-corrected chi connectivity index (χ3v) is 12.6. The Labute approximate surface area is 384 Å². The summed E-state index contributed by atoms with van der Waals surface area (Å²) in [6.45, 7) is 12.5. The number of carbonyl (C=O) groups excluding carboxylic acids is 1. The van der Waals surface area contributed by atoms with Crippen LogP contribution in [0.1, 0.15) is 86.7 Å². The predicted octanol–water partition coefficient (Wildman–Crippen LogP) is 15.0. The van der Waals surface area contributed by atoms with E-state index in [2.05, 4.69) is 120 Å². The van der Waals surface area contributed by atoms with Crippen LogP contribution in [0.25, 0.3) is 50.2 Å². The zero-order chi connectivity index (χ0) is 42.1. The second kappa shape index (κ2) is 23.8. The maximum atomic E-state index is 13.2. The molecule has 60 heavy (non-hydrogen) atoms. The lowest BCUT2D eigenvalue weighted by atomic mass is 9.93. The van der Waals surface area contributed by atoms with Crippen LogP contribution >= 0.6 is 45.2 Å². The number of unbranched alkanes of at least 4 members (excludes halogenated alkanes) is 4. The number of carbonyl (C=O) groups is 1. The van der Waals surface area contributed by atoms with Gasteiger partial charge in [-0.1, -0.05) is 119 Å². The van der Waals surface area contributed by atoms with Crippen LogP contribution in [0.3, 0.4) is 0 Å². The number of rotatable bonds is 23. The molecule has 6 aromatic rings. The highest BCUT2D eigenvalue weighted by molar-refractivity contribution is 14.1.